The first kappa shape index (κ1) is 17.9. The van der Waals surface area contributed by atoms with Gasteiger partial charge in [0.1, 0.15) is 16.7 Å². The summed E-state index contributed by atoms with van der Waals surface area (Å²) in [6.45, 7) is 5.89. The van der Waals surface area contributed by atoms with Crippen LogP contribution >= 0.6 is 0 Å². The number of aryl methyl sites for hydroxylation is 1. The third-order valence-electron chi connectivity index (χ3n) is 4.85. The summed E-state index contributed by atoms with van der Waals surface area (Å²) in [4.78, 5) is 31.5. The number of hydrogen-bond acceptors (Lipinski definition) is 6. The van der Waals surface area contributed by atoms with Crippen molar-refractivity contribution >= 4 is 39.4 Å². The highest BCUT2D eigenvalue weighted by Crippen LogP contribution is 2.25. The Labute approximate surface area is 170 Å². The van der Waals surface area contributed by atoms with Gasteiger partial charge in [-0.2, -0.15) is 9.78 Å². The van der Waals surface area contributed by atoms with Crippen molar-refractivity contribution < 1.29 is 0 Å². The predicted molar refractivity (Wildman–Crippen MR) is 117 cm³/mol. The van der Waals surface area contributed by atoms with Crippen molar-refractivity contribution in [2.45, 2.75) is 13.5 Å². The highest BCUT2D eigenvalue weighted by Gasteiger charge is 2.20. The van der Waals surface area contributed by atoms with Gasteiger partial charge in [-0.1, -0.05) is 24.3 Å². The van der Waals surface area contributed by atoms with Crippen LogP contribution in [-0.2, 0) is 6.54 Å². The smallest absolute Gasteiger partial charge is 0.265 e. The number of benzene rings is 1. The number of nitrogens with zero attached hydrogens (tertiary/aromatic N) is 7. The van der Waals surface area contributed by atoms with E-state index in [-0.39, 0.29) is 5.56 Å². The van der Waals surface area contributed by atoms with Crippen LogP contribution in [0.3, 0.4) is 0 Å². The summed E-state index contributed by atoms with van der Waals surface area (Å²) in [5.41, 5.74) is 3.42. The van der Waals surface area contributed by atoms with Gasteiger partial charge >= 0.3 is 0 Å². The van der Waals surface area contributed by atoms with Crippen molar-refractivity contribution in [1.29, 1.82) is 0 Å². The second-order valence-corrected chi connectivity index (χ2v) is 6.79. The van der Waals surface area contributed by atoms with E-state index in [1.807, 2.05) is 36.4 Å². The number of hydrogen-bond donors (Lipinski definition) is 0. The van der Waals surface area contributed by atoms with Crippen molar-refractivity contribution in [1.82, 2.24) is 29.2 Å². The van der Waals surface area contributed by atoms with Crippen LogP contribution in [-0.4, -0.2) is 35.4 Å². The molecule has 0 saturated carbocycles. The van der Waals surface area contributed by atoms with Gasteiger partial charge in [-0.25, -0.2) is 15.0 Å². The molecule has 4 aromatic heterocycles. The first-order valence-electron chi connectivity index (χ1n) is 9.41. The van der Waals surface area contributed by atoms with Gasteiger partial charge in [0.05, 0.1) is 17.2 Å². The molecule has 30 heavy (non-hydrogen) atoms. The summed E-state index contributed by atoms with van der Waals surface area (Å²) >= 11 is 0. The van der Waals surface area contributed by atoms with Crippen LogP contribution in [0.15, 0.2) is 71.3 Å². The Morgan fingerprint density at radius 2 is 1.87 bits per heavy atom. The molecule has 0 radical (unpaired) electrons. The number of rotatable bonds is 4. The number of para-hydroxylation sites is 2. The standard InChI is InChI=1S/C22H17N7O/c1-3-11-28-14(2)25-20-18(22(28)30)19-21(27-17-9-5-4-8-16(17)26-19)29(20)24-13-15-7-6-10-23-12-15/h3-10,12-13H,1,11H2,2H3. The molecular weight excluding hydrogens is 378 g/mol. The van der Waals surface area contributed by atoms with Crippen molar-refractivity contribution in [3.8, 4) is 0 Å². The quantitative estimate of drug-likeness (QED) is 0.345. The van der Waals surface area contributed by atoms with Crippen LogP contribution in [0.5, 0.6) is 0 Å². The average Bonchev–Trinajstić information content (AvgIpc) is 3.06. The van der Waals surface area contributed by atoms with Crippen LogP contribution in [0.4, 0.5) is 0 Å². The van der Waals surface area contributed by atoms with E-state index in [4.69, 9.17) is 9.97 Å². The second kappa shape index (κ2) is 7.00. The van der Waals surface area contributed by atoms with Crippen LogP contribution in [0.1, 0.15) is 11.4 Å². The monoisotopic (exact) mass is 395 g/mol. The lowest BCUT2D eigenvalue weighted by Crippen LogP contribution is -2.23. The van der Waals surface area contributed by atoms with Crippen molar-refractivity contribution in [3.05, 3.63) is 83.2 Å². The molecule has 1 aromatic carbocycles. The molecule has 4 heterocycles. The van der Waals surface area contributed by atoms with Gasteiger partial charge in [-0.15, -0.1) is 6.58 Å². The van der Waals surface area contributed by atoms with Gasteiger partial charge < -0.3 is 0 Å². The molecule has 146 valence electrons. The molecule has 0 amide bonds. The van der Waals surface area contributed by atoms with E-state index >= 15 is 0 Å². The Kier molecular flexibility index (Phi) is 4.17. The van der Waals surface area contributed by atoms with Gasteiger partial charge in [0, 0.05) is 24.5 Å². The minimum Gasteiger partial charge on any atom is -0.292 e. The fourth-order valence-corrected chi connectivity index (χ4v) is 3.44. The van der Waals surface area contributed by atoms with Gasteiger partial charge in [0.2, 0.25) is 0 Å². The zero-order valence-electron chi connectivity index (χ0n) is 16.2. The summed E-state index contributed by atoms with van der Waals surface area (Å²) in [5.74, 6) is 0.567. The van der Waals surface area contributed by atoms with Gasteiger partial charge in [-0.3, -0.25) is 14.3 Å². The van der Waals surface area contributed by atoms with Crippen molar-refractivity contribution in [3.63, 3.8) is 0 Å². The molecular formula is C22H17N7O. The Hall–Kier alpha value is -4.20. The fraction of sp³-hybridized carbons (Fsp3) is 0.0909. The lowest BCUT2D eigenvalue weighted by atomic mass is 10.3. The molecule has 5 rings (SSSR count). The summed E-state index contributed by atoms with van der Waals surface area (Å²) in [7, 11) is 0. The van der Waals surface area contributed by atoms with E-state index in [9.17, 15) is 4.79 Å². The highest BCUT2D eigenvalue weighted by atomic mass is 16.1. The van der Waals surface area contributed by atoms with Gasteiger partial charge in [-0.05, 0) is 25.1 Å². The molecule has 8 nitrogen and oxygen atoms in total. The summed E-state index contributed by atoms with van der Waals surface area (Å²) in [5, 5.41) is 4.96. The lowest BCUT2D eigenvalue weighted by molar-refractivity contribution is 0.724. The maximum Gasteiger partial charge on any atom is 0.265 e. The summed E-state index contributed by atoms with van der Waals surface area (Å²) in [6, 6.07) is 11.3. The zero-order valence-corrected chi connectivity index (χ0v) is 16.2. The first-order valence-corrected chi connectivity index (χ1v) is 9.41. The number of aromatic nitrogens is 6. The SMILES string of the molecule is C=CCn1c(C)nc2c(c1=O)c1nc3ccccc3nc1n2N=Cc1cccnc1. The van der Waals surface area contributed by atoms with E-state index in [2.05, 4.69) is 21.6 Å². The third kappa shape index (κ3) is 2.77. The van der Waals surface area contributed by atoms with E-state index in [1.54, 1.807) is 40.9 Å². The largest absolute Gasteiger partial charge is 0.292 e. The zero-order chi connectivity index (χ0) is 20.7. The molecule has 0 saturated heterocycles. The predicted octanol–water partition coefficient (Wildman–Crippen LogP) is 3.07. The minimum atomic E-state index is -0.192. The normalized spacial score (nSPS) is 11.8. The molecule has 5 aromatic rings. The summed E-state index contributed by atoms with van der Waals surface area (Å²) < 4.78 is 3.14. The summed E-state index contributed by atoms with van der Waals surface area (Å²) in [6.07, 6.45) is 6.73. The van der Waals surface area contributed by atoms with Crippen LogP contribution in [0, 0.1) is 6.92 Å². The lowest BCUT2D eigenvalue weighted by Gasteiger charge is -2.06. The topological polar surface area (TPSA) is 90.8 Å². The van der Waals surface area contributed by atoms with E-state index in [0.717, 1.165) is 5.56 Å². The van der Waals surface area contributed by atoms with Crippen molar-refractivity contribution in [2.24, 2.45) is 5.10 Å². The van der Waals surface area contributed by atoms with Crippen LogP contribution < -0.4 is 5.56 Å². The van der Waals surface area contributed by atoms with Crippen LogP contribution in [0.25, 0.3) is 33.2 Å². The minimum absolute atomic E-state index is 0.192. The molecule has 0 aliphatic carbocycles. The molecule has 8 heteroatoms. The molecule has 0 aliphatic rings. The van der Waals surface area contributed by atoms with Crippen LogP contribution in [0.2, 0.25) is 0 Å². The highest BCUT2D eigenvalue weighted by molar-refractivity contribution is 6.04. The molecule has 0 atom stereocenters. The maximum absolute atomic E-state index is 13.3. The molecule has 0 spiro atoms. The Morgan fingerprint density at radius 3 is 2.60 bits per heavy atom. The molecule has 0 N–H and O–H groups in total. The Morgan fingerprint density at radius 1 is 1.07 bits per heavy atom. The van der Waals surface area contributed by atoms with E-state index in [1.165, 1.54) is 0 Å². The van der Waals surface area contributed by atoms with Gasteiger partial charge in [0.25, 0.3) is 5.56 Å². The maximum atomic E-state index is 13.3. The average molecular weight is 395 g/mol. The fourth-order valence-electron chi connectivity index (χ4n) is 3.44. The van der Waals surface area contributed by atoms with E-state index < -0.39 is 0 Å². The number of fused-ring (bicyclic) bond motifs is 4. The van der Waals surface area contributed by atoms with Crippen molar-refractivity contribution in [2.75, 3.05) is 0 Å². The second-order valence-electron chi connectivity index (χ2n) is 6.79. The first-order chi connectivity index (χ1) is 14.7. The molecule has 0 bridgehead atoms. The molecule has 0 fully saturated rings. The Bertz CT molecular complexity index is 1510. The molecule has 0 aliphatic heterocycles. The third-order valence-corrected chi connectivity index (χ3v) is 4.85. The number of allylic oxidation sites excluding steroid dienone is 1. The van der Waals surface area contributed by atoms with E-state index in [0.29, 0.717) is 45.6 Å². The van der Waals surface area contributed by atoms with Gasteiger partial charge in [0.15, 0.2) is 11.3 Å². The Balaban J connectivity index is 1.90. The molecule has 0 unspecified atom stereocenters. The number of pyridine rings is 1.